The van der Waals surface area contributed by atoms with Crippen molar-refractivity contribution in [2.24, 2.45) is 10.8 Å². The highest BCUT2D eigenvalue weighted by molar-refractivity contribution is 6.04. The van der Waals surface area contributed by atoms with Crippen LogP contribution in [0.25, 0.3) is 22.5 Å². The first-order chi connectivity index (χ1) is 22.1. The van der Waals surface area contributed by atoms with E-state index in [0.29, 0.717) is 11.4 Å². The van der Waals surface area contributed by atoms with Crippen LogP contribution >= 0.6 is 0 Å². The Balaban J connectivity index is 1.92. The van der Waals surface area contributed by atoms with Crippen LogP contribution in [0.1, 0.15) is 131 Å². The number of hydrogen-bond acceptors (Lipinski definition) is 4. The fourth-order valence-corrected chi connectivity index (χ4v) is 5.78. The minimum atomic E-state index is -0.537. The Morgan fingerprint density at radius 1 is 0.565 bits per heavy atom. The second-order valence-corrected chi connectivity index (χ2v) is 14.1. The zero-order valence-corrected chi connectivity index (χ0v) is 29.4. The van der Waals surface area contributed by atoms with E-state index in [1.807, 2.05) is 76.2 Å². The topological polar surface area (TPSA) is 84.0 Å². The number of unbranched alkanes of at least 4 members (excludes halogenated alkanes) is 10. The lowest BCUT2D eigenvalue weighted by atomic mass is 9.85. The third-order valence-corrected chi connectivity index (χ3v) is 9.08. The number of amides is 2. The molecule has 0 unspecified atom stereocenters. The molecule has 0 aliphatic heterocycles. The van der Waals surface area contributed by atoms with Crippen molar-refractivity contribution >= 4 is 23.2 Å². The Morgan fingerprint density at radius 2 is 0.935 bits per heavy atom. The molecule has 0 fully saturated rings. The Labute approximate surface area is 278 Å². The van der Waals surface area contributed by atoms with Gasteiger partial charge in [-0.3, -0.25) is 19.6 Å². The van der Waals surface area contributed by atoms with E-state index in [9.17, 15) is 9.59 Å². The number of carbonyl (C=O) groups excluding carboxylic acids is 2. The molecule has 0 aliphatic carbocycles. The minimum absolute atomic E-state index is 0.0259. The van der Waals surface area contributed by atoms with Crippen molar-refractivity contribution in [1.82, 2.24) is 9.97 Å². The molecule has 250 valence electrons. The van der Waals surface area contributed by atoms with E-state index in [-0.39, 0.29) is 11.8 Å². The molecule has 3 rings (SSSR count). The second kappa shape index (κ2) is 18.6. The first kappa shape index (κ1) is 36.9. The molecule has 0 saturated carbocycles. The number of anilines is 2. The van der Waals surface area contributed by atoms with Crippen molar-refractivity contribution in [3.05, 3.63) is 60.9 Å². The van der Waals surface area contributed by atoms with Gasteiger partial charge in [0.2, 0.25) is 11.8 Å². The molecule has 6 nitrogen and oxygen atoms in total. The number of hydrogen-bond donors (Lipinski definition) is 2. The molecule has 0 spiro atoms. The lowest BCUT2D eigenvalue weighted by Gasteiger charge is -2.27. The van der Waals surface area contributed by atoms with Crippen molar-refractivity contribution in [2.75, 3.05) is 10.6 Å². The van der Waals surface area contributed by atoms with Crippen molar-refractivity contribution in [1.29, 1.82) is 0 Å². The number of aromatic nitrogens is 2. The van der Waals surface area contributed by atoms with E-state index >= 15 is 0 Å². The van der Waals surface area contributed by atoms with Crippen molar-refractivity contribution < 1.29 is 9.59 Å². The summed E-state index contributed by atoms with van der Waals surface area (Å²) in [7, 11) is 0. The van der Waals surface area contributed by atoms with Crippen LogP contribution in [0, 0.1) is 10.8 Å². The molecule has 2 aromatic heterocycles. The van der Waals surface area contributed by atoms with Crippen LogP contribution in [-0.2, 0) is 9.59 Å². The van der Waals surface area contributed by atoms with Crippen molar-refractivity contribution in [2.45, 2.75) is 131 Å². The van der Waals surface area contributed by atoms with Gasteiger partial charge in [-0.2, -0.15) is 0 Å². The van der Waals surface area contributed by atoms with Gasteiger partial charge in [0.25, 0.3) is 0 Å². The lowest BCUT2D eigenvalue weighted by Crippen LogP contribution is -2.31. The normalized spacial score (nSPS) is 11.8. The summed E-state index contributed by atoms with van der Waals surface area (Å²) in [6.45, 7) is 12.5. The number of nitrogens with zero attached hydrogens (tertiary/aromatic N) is 2. The van der Waals surface area contributed by atoms with E-state index < -0.39 is 10.8 Å². The van der Waals surface area contributed by atoms with Gasteiger partial charge in [0, 0.05) is 34.4 Å². The number of pyridine rings is 2. The Morgan fingerprint density at radius 3 is 1.28 bits per heavy atom. The van der Waals surface area contributed by atoms with E-state index in [4.69, 9.17) is 0 Å². The maximum atomic E-state index is 13.8. The number of benzene rings is 1. The second-order valence-electron chi connectivity index (χ2n) is 14.1. The van der Waals surface area contributed by atoms with Gasteiger partial charge in [0.1, 0.15) is 0 Å². The largest absolute Gasteiger partial charge is 0.325 e. The van der Waals surface area contributed by atoms with Gasteiger partial charge in [-0.05, 0) is 49.2 Å². The summed E-state index contributed by atoms with van der Waals surface area (Å²) >= 11 is 0. The highest BCUT2D eigenvalue weighted by Crippen LogP contribution is 2.39. The van der Waals surface area contributed by atoms with Crippen molar-refractivity contribution in [3.8, 4) is 22.5 Å². The molecule has 2 heterocycles. The maximum Gasteiger partial charge on any atom is 0.230 e. The Bertz CT molecular complexity index is 1250. The predicted octanol–water partition coefficient (Wildman–Crippen LogP) is 11.2. The summed E-state index contributed by atoms with van der Waals surface area (Å²) in [6, 6.07) is 15.4. The molecule has 0 saturated heterocycles. The molecule has 46 heavy (non-hydrogen) atoms. The fraction of sp³-hybridized carbons (Fsp3) is 0.550. The molecular weight excluding hydrogens is 568 g/mol. The average molecular weight is 627 g/mol. The van der Waals surface area contributed by atoms with E-state index in [2.05, 4.69) is 34.4 Å². The van der Waals surface area contributed by atoms with Crippen LogP contribution in [0.15, 0.2) is 60.9 Å². The number of nitrogens with one attached hydrogen (secondary N) is 2. The van der Waals surface area contributed by atoms with Crippen LogP contribution in [-0.4, -0.2) is 21.8 Å². The van der Waals surface area contributed by atoms with Gasteiger partial charge < -0.3 is 10.6 Å². The average Bonchev–Trinajstić information content (AvgIpc) is 3.05. The molecule has 1 aromatic carbocycles. The van der Waals surface area contributed by atoms with Gasteiger partial charge in [-0.15, -0.1) is 0 Å². The summed E-state index contributed by atoms with van der Waals surface area (Å²) in [5, 5.41) is 6.52. The zero-order valence-electron chi connectivity index (χ0n) is 29.4. The van der Waals surface area contributed by atoms with Gasteiger partial charge in [0.15, 0.2) is 0 Å². The van der Waals surface area contributed by atoms with Gasteiger partial charge in [-0.1, -0.05) is 131 Å². The molecule has 6 heteroatoms. The molecule has 0 bridgehead atoms. The van der Waals surface area contributed by atoms with Crippen LogP contribution in [0.5, 0.6) is 0 Å². The molecule has 3 aromatic rings. The highest BCUT2D eigenvalue weighted by atomic mass is 16.2. The summed E-state index contributed by atoms with van der Waals surface area (Å²) in [6.07, 6.45) is 19.4. The quantitative estimate of drug-likeness (QED) is 0.122. The SMILES string of the molecule is CCCCCCCCC(C)(C)C(=O)Nc1cc(-c2ccccn2)c(NC(=O)C(C)(C)CCCCCCCC)cc1-c1ccccn1. The maximum absolute atomic E-state index is 13.8. The Kier molecular flexibility index (Phi) is 14.9. The smallest absolute Gasteiger partial charge is 0.230 e. The van der Waals surface area contributed by atoms with Crippen LogP contribution in [0.3, 0.4) is 0 Å². The summed E-state index contributed by atoms with van der Waals surface area (Å²) < 4.78 is 0. The van der Waals surface area contributed by atoms with Gasteiger partial charge in [-0.25, -0.2) is 0 Å². The fourth-order valence-electron chi connectivity index (χ4n) is 5.78. The van der Waals surface area contributed by atoms with E-state index in [1.54, 1.807) is 12.4 Å². The predicted molar refractivity (Wildman–Crippen MR) is 194 cm³/mol. The monoisotopic (exact) mass is 626 g/mol. The molecule has 0 aliphatic rings. The zero-order chi connectivity index (χ0) is 33.4. The molecular formula is C40H58N4O2. The first-order valence-electron chi connectivity index (χ1n) is 17.7. The highest BCUT2D eigenvalue weighted by Gasteiger charge is 2.30. The third-order valence-electron chi connectivity index (χ3n) is 9.08. The van der Waals surface area contributed by atoms with Gasteiger partial charge >= 0.3 is 0 Å². The summed E-state index contributed by atoms with van der Waals surface area (Å²) in [5.41, 5.74) is 3.20. The van der Waals surface area contributed by atoms with Crippen molar-refractivity contribution in [3.63, 3.8) is 0 Å². The van der Waals surface area contributed by atoms with Crippen LogP contribution in [0.4, 0.5) is 11.4 Å². The third kappa shape index (κ3) is 11.4. The van der Waals surface area contributed by atoms with Crippen LogP contribution in [0.2, 0.25) is 0 Å². The van der Waals surface area contributed by atoms with E-state index in [1.165, 1.54) is 51.4 Å². The molecule has 0 atom stereocenters. The first-order valence-corrected chi connectivity index (χ1v) is 17.7. The summed E-state index contributed by atoms with van der Waals surface area (Å²) in [5.74, 6) is -0.0517. The molecule has 2 amide bonds. The van der Waals surface area contributed by atoms with Gasteiger partial charge in [0.05, 0.1) is 22.8 Å². The van der Waals surface area contributed by atoms with Crippen LogP contribution < -0.4 is 10.6 Å². The lowest BCUT2D eigenvalue weighted by molar-refractivity contribution is -0.125. The minimum Gasteiger partial charge on any atom is -0.325 e. The molecule has 0 radical (unpaired) electrons. The Hall–Kier alpha value is -3.54. The summed E-state index contributed by atoms with van der Waals surface area (Å²) in [4.78, 5) is 36.8. The number of carbonyl (C=O) groups is 2. The van der Waals surface area contributed by atoms with E-state index in [0.717, 1.165) is 61.0 Å². The molecule has 2 N–H and O–H groups in total. The number of rotatable bonds is 20. The standard InChI is InChI=1S/C40H58N4O2/c1-7-9-11-13-15-19-25-39(3,4)37(45)43-35-29-32(34-24-18-22-28-42-34)36(30-31(35)33-23-17-21-27-41-33)44-38(46)40(5,6)26-20-16-14-12-10-8-2/h17-18,21-24,27-30H,7-16,19-20,25-26H2,1-6H3,(H,43,45)(H,44,46).